The molecule has 1 aliphatic rings. The minimum atomic E-state index is 0.226. The molecule has 19 heavy (non-hydrogen) atoms. The summed E-state index contributed by atoms with van der Waals surface area (Å²) in [5, 5.41) is 4.52. The lowest BCUT2D eigenvalue weighted by Crippen LogP contribution is -2.18. The van der Waals surface area contributed by atoms with Gasteiger partial charge in [-0.05, 0) is 37.3 Å². The van der Waals surface area contributed by atoms with Crippen LogP contribution < -0.4 is 5.73 Å². The summed E-state index contributed by atoms with van der Waals surface area (Å²) >= 11 is 0. The fourth-order valence-corrected chi connectivity index (χ4v) is 3.14. The van der Waals surface area contributed by atoms with Crippen molar-refractivity contribution in [2.45, 2.75) is 45.2 Å². The van der Waals surface area contributed by atoms with Crippen molar-refractivity contribution < 1.29 is 0 Å². The van der Waals surface area contributed by atoms with E-state index >= 15 is 0 Å². The van der Waals surface area contributed by atoms with Crippen LogP contribution in [0.25, 0.3) is 0 Å². The number of rotatable bonds is 3. The van der Waals surface area contributed by atoms with Gasteiger partial charge in [-0.3, -0.25) is 4.68 Å². The van der Waals surface area contributed by atoms with Crippen LogP contribution >= 0.6 is 0 Å². The molecule has 0 saturated heterocycles. The molecule has 0 amide bonds. The smallest absolute Gasteiger partial charge is 0.0671 e. The van der Waals surface area contributed by atoms with Gasteiger partial charge in [0.25, 0.3) is 0 Å². The SMILES string of the molecule is CCc1nn(C)cc1Cn1ccc2c1CCCC2N. The lowest BCUT2D eigenvalue weighted by molar-refractivity contribution is 0.547. The largest absolute Gasteiger partial charge is 0.347 e. The summed E-state index contributed by atoms with van der Waals surface area (Å²) in [5.41, 5.74) is 11.5. The van der Waals surface area contributed by atoms with Crippen molar-refractivity contribution in [2.24, 2.45) is 12.8 Å². The van der Waals surface area contributed by atoms with Gasteiger partial charge in [-0.1, -0.05) is 6.92 Å². The zero-order valence-electron chi connectivity index (χ0n) is 11.8. The highest BCUT2D eigenvalue weighted by molar-refractivity contribution is 5.30. The van der Waals surface area contributed by atoms with E-state index in [0.29, 0.717) is 0 Å². The van der Waals surface area contributed by atoms with E-state index in [1.54, 1.807) is 0 Å². The Morgan fingerprint density at radius 1 is 1.47 bits per heavy atom. The van der Waals surface area contributed by atoms with E-state index in [0.717, 1.165) is 25.8 Å². The van der Waals surface area contributed by atoms with Crippen LogP contribution in [0.15, 0.2) is 18.5 Å². The lowest BCUT2D eigenvalue weighted by atomic mass is 9.93. The first-order chi connectivity index (χ1) is 9.19. The second kappa shape index (κ2) is 4.85. The van der Waals surface area contributed by atoms with Crippen molar-refractivity contribution in [3.05, 3.63) is 41.0 Å². The molecule has 4 nitrogen and oxygen atoms in total. The predicted octanol–water partition coefficient (Wildman–Crippen LogP) is 2.17. The topological polar surface area (TPSA) is 48.8 Å². The van der Waals surface area contributed by atoms with Gasteiger partial charge in [0.2, 0.25) is 0 Å². The van der Waals surface area contributed by atoms with E-state index in [4.69, 9.17) is 5.73 Å². The van der Waals surface area contributed by atoms with Gasteiger partial charge in [0, 0.05) is 36.7 Å². The van der Waals surface area contributed by atoms with Gasteiger partial charge in [-0.25, -0.2) is 0 Å². The molecule has 1 atom stereocenters. The third kappa shape index (κ3) is 2.21. The van der Waals surface area contributed by atoms with E-state index in [9.17, 15) is 0 Å². The van der Waals surface area contributed by atoms with Crippen LogP contribution in [0, 0.1) is 0 Å². The molecule has 2 aromatic heterocycles. The van der Waals surface area contributed by atoms with E-state index in [1.165, 1.54) is 28.9 Å². The zero-order valence-corrected chi connectivity index (χ0v) is 11.8. The molecule has 0 radical (unpaired) electrons. The number of nitrogens with two attached hydrogens (primary N) is 1. The van der Waals surface area contributed by atoms with Crippen molar-refractivity contribution >= 4 is 0 Å². The molecular formula is C15H22N4. The molecule has 2 aromatic rings. The highest BCUT2D eigenvalue weighted by Gasteiger charge is 2.20. The highest BCUT2D eigenvalue weighted by Crippen LogP contribution is 2.29. The van der Waals surface area contributed by atoms with Crippen molar-refractivity contribution in [2.75, 3.05) is 0 Å². The Morgan fingerprint density at radius 3 is 3.11 bits per heavy atom. The van der Waals surface area contributed by atoms with Gasteiger partial charge in [0.1, 0.15) is 0 Å². The van der Waals surface area contributed by atoms with Gasteiger partial charge in [0.05, 0.1) is 12.2 Å². The summed E-state index contributed by atoms with van der Waals surface area (Å²) in [7, 11) is 1.99. The molecule has 3 rings (SSSR count). The maximum Gasteiger partial charge on any atom is 0.0671 e. The first kappa shape index (κ1) is 12.5. The van der Waals surface area contributed by atoms with E-state index in [1.807, 2.05) is 11.7 Å². The number of hydrogen-bond acceptors (Lipinski definition) is 2. The summed E-state index contributed by atoms with van der Waals surface area (Å²) in [4.78, 5) is 0. The number of aromatic nitrogens is 3. The molecule has 0 saturated carbocycles. The molecule has 2 heterocycles. The fraction of sp³-hybridized carbons (Fsp3) is 0.533. The van der Waals surface area contributed by atoms with Gasteiger partial charge >= 0.3 is 0 Å². The van der Waals surface area contributed by atoms with Crippen LogP contribution in [-0.2, 0) is 26.4 Å². The minimum absolute atomic E-state index is 0.226. The normalized spacial score (nSPS) is 18.6. The quantitative estimate of drug-likeness (QED) is 0.917. The van der Waals surface area contributed by atoms with Crippen LogP contribution in [0.3, 0.4) is 0 Å². The Morgan fingerprint density at radius 2 is 2.32 bits per heavy atom. The van der Waals surface area contributed by atoms with Gasteiger partial charge < -0.3 is 10.3 Å². The Labute approximate surface area is 114 Å². The number of nitrogens with zero attached hydrogens (tertiary/aromatic N) is 3. The number of fused-ring (bicyclic) bond motifs is 1. The summed E-state index contributed by atoms with van der Waals surface area (Å²) in [6, 6.07) is 2.42. The van der Waals surface area contributed by atoms with Crippen molar-refractivity contribution in [1.82, 2.24) is 14.3 Å². The van der Waals surface area contributed by atoms with E-state index in [2.05, 4.69) is 35.0 Å². The molecular weight excluding hydrogens is 236 g/mol. The maximum absolute atomic E-state index is 6.18. The summed E-state index contributed by atoms with van der Waals surface area (Å²) in [6.45, 7) is 3.08. The van der Waals surface area contributed by atoms with Crippen LogP contribution in [0.4, 0.5) is 0 Å². The molecule has 1 aliphatic carbocycles. The standard InChI is InChI=1S/C15H22N4/c1-3-14-11(9-18(2)17-14)10-19-8-7-12-13(16)5-4-6-15(12)19/h7-9,13H,3-6,10,16H2,1-2H3. The molecule has 4 heteroatoms. The van der Waals surface area contributed by atoms with Crippen LogP contribution in [-0.4, -0.2) is 14.3 Å². The third-order valence-electron chi connectivity index (χ3n) is 4.11. The summed E-state index contributed by atoms with van der Waals surface area (Å²) < 4.78 is 4.26. The molecule has 0 fully saturated rings. The van der Waals surface area contributed by atoms with E-state index < -0.39 is 0 Å². The van der Waals surface area contributed by atoms with Crippen LogP contribution in [0.1, 0.15) is 48.3 Å². The highest BCUT2D eigenvalue weighted by atomic mass is 15.3. The number of aryl methyl sites for hydroxylation is 2. The Balaban J connectivity index is 1.91. The molecule has 102 valence electrons. The zero-order chi connectivity index (χ0) is 13.4. The van der Waals surface area contributed by atoms with Gasteiger partial charge in [0.15, 0.2) is 0 Å². The Bertz CT molecular complexity index is 579. The van der Waals surface area contributed by atoms with Crippen molar-refractivity contribution in [3.63, 3.8) is 0 Å². The minimum Gasteiger partial charge on any atom is -0.347 e. The lowest BCUT2D eigenvalue weighted by Gasteiger charge is -2.21. The number of hydrogen-bond donors (Lipinski definition) is 1. The van der Waals surface area contributed by atoms with Crippen molar-refractivity contribution in [1.29, 1.82) is 0 Å². The average Bonchev–Trinajstić information content (AvgIpc) is 2.95. The van der Waals surface area contributed by atoms with Crippen molar-refractivity contribution in [3.8, 4) is 0 Å². The summed E-state index contributed by atoms with van der Waals surface area (Å²) in [5.74, 6) is 0. The monoisotopic (exact) mass is 258 g/mol. The first-order valence-electron chi connectivity index (χ1n) is 7.14. The van der Waals surface area contributed by atoms with E-state index in [-0.39, 0.29) is 6.04 Å². The third-order valence-corrected chi connectivity index (χ3v) is 4.11. The molecule has 0 aliphatic heterocycles. The molecule has 2 N–H and O–H groups in total. The molecule has 0 aromatic carbocycles. The van der Waals surface area contributed by atoms with Gasteiger partial charge in [-0.15, -0.1) is 0 Å². The average molecular weight is 258 g/mol. The Hall–Kier alpha value is -1.55. The second-order valence-electron chi connectivity index (χ2n) is 5.47. The van der Waals surface area contributed by atoms with Gasteiger partial charge in [-0.2, -0.15) is 5.10 Å². The first-order valence-corrected chi connectivity index (χ1v) is 7.14. The molecule has 0 bridgehead atoms. The predicted molar refractivity (Wildman–Crippen MR) is 76.0 cm³/mol. The molecule has 1 unspecified atom stereocenters. The maximum atomic E-state index is 6.18. The van der Waals surface area contributed by atoms with Crippen LogP contribution in [0.5, 0.6) is 0 Å². The molecule has 0 spiro atoms. The Kier molecular flexibility index (Phi) is 3.19. The van der Waals surface area contributed by atoms with Crippen LogP contribution in [0.2, 0.25) is 0 Å². The second-order valence-corrected chi connectivity index (χ2v) is 5.47. The summed E-state index contributed by atoms with van der Waals surface area (Å²) in [6.07, 6.45) is 8.77. The fourth-order valence-electron chi connectivity index (χ4n) is 3.14.